The molecule has 0 aromatic carbocycles. The van der Waals surface area contributed by atoms with E-state index < -0.39 is 17.1 Å². The van der Waals surface area contributed by atoms with Crippen LogP contribution in [-0.2, 0) is 4.74 Å². The molecule has 1 aliphatic heterocycles. The Morgan fingerprint density at radius 1 is 1.63 bits per heavy atom. The van der Waals surface area contributed by atoms with E-state index in [1.807, 2.05) is 13.8 Å². The summed E-state index contributed by atoms with van der Waals surface area (Å²) in [5.74, 6) is 0.0437. The van der Waals surface area contributed by atoms with Crippen LogP contribution in [0, 0.1) is 16.0 Å². The van der Waals surface area contributed by atoms with Gasteiger partial charge < -0.3 is 9.84 Å². The smallest absolute Gasteiger partial charge is 0.293 e. The minimum atomic E-state index is -0.503. The highest BCUT2D eigenvalue weighted by Gasteiger charge is 2.37. The number of aliphatic hydroxyl groups is 1. The molecule has 1 fully saturated rings. The molecule has 0 amide bonds. The van der Waals surface area contributed by atoms with Crippen LogP contribution in [-0.4, -0.2) is 27.2 Å². The van der Waals surface area contributed by atoms with Crippen molar-refractivity contribution in [2.24, 2.45) is 5.92 Å². The van der Waals surface area contributed by atoms with Gasteiger partial charge in [-0.05, 0) is 12.5 Å². The molecule has 6 nitrogen and oxygen atoms in total. The van der Waals surface area contributed by atoms with Crippen LogP contribution in [0.15, 0.2) is 18.5 Å². The zero-order valence-electron chi connectivity index (χ0n) is 11.0. The number of nitrogens with zero attached hydrogens (tertiary/aromatic N) is 2. The molecular weight excluding hydrogens is 248 g/mol. The van der Waals surface area contributed by atoms with Crippen molar-refractivity contribution < 1.29 is 14.8 Å². The molecule has 1 aromatic heterocycles. The third-order valence-electron chi connectivity index (χ3n) is 3.77. The van der Waals surface area contributed by atoms with E-state index in [-0.39, 0.29) is 17.7 Å². The van der Waals surface area contributed by atoms with E-state index >= 15 is 0 Å². The molecule has 1 N–H and O–H groups in total. The Hall–Kier alpha value is -1.53. The lowest BCUT2D eigenvalue weighted by atomic mass is 9.87. The van der Waals surface area contributed by atoms with Gasteiger partial charge in [0.2, 0.25) is 0 Å². The summed E-state index contributed by atoms with van der Waals surface area (Å²) in [6.07, 6.45) is 2.86. The van der Waals surface area contributed by atoms with Crippen LogP contribution in [0.4, 0.5) is 5.69 Å². The molecule has 0 bridgehead atoms. The van der Waals surface area contributed by atoms with Crippen LogP contribution in [0.3, 0.4) is 0 Å². The number of aromatic nitrogens is 1. The second-order valence-electron chi connectivity index (χ2n) is 4.93. The number of hydrogen-bond donors (Lipinski definition) is 1. The summed E-state index contributed by atoms with van der Waals surface area (Å²) in [6.45, 7) is 3.92. The molecule has 1 aromatic rings. The van der Waals surface area contributed by atoms with Gasteiger partial charge in [-0.15, -0.1) is 0 Å². The van der Waals surface area contributed by atoms with Gasteiger partial charge in [-0.3, -0.25) is 15.1 Å². The van der Waals surface area contributed by atoms with Gasteiger partial charge in [-0.1, -0.05) is 13.8 Å². The molecule has 1 aliphatic rings. The van der Waals surface area contributed by atoms with Crippen LogP contribution < -0.4 is 0 Å². The molecule has 0 saturated carbocycles. The Morgan fingerprint density at radius 2 is 2.37 bits per heavy atom. The molecule has 104 valence electrons. The van der Waals surface area contributed by atoms with Crippen LogP contribution >= 0.6 is 0 Å². The average Bonchev–Trinajstić information content (AvgIpc) is 2.41. The Labute approximate surface area is 111 Å². The largest absolute Gasteiger partial charge is 0.393 e. The van der Waals surface area contributed by atoms with E-state index in [4.69, 9.17) is 4.74 Å². The van der Waals surface area contributed by atoms with Gasteiger partial charge >= 0.3 is 0 Å². The number of rotatable bonds is 3. The fraction of sp³-hybridized carbons (Fsp3) is 0.615. The van der Waals surface area contributed by atoms with Crippen molar-refractivity contribution in [1.82, 2.24) is 4.98 Å². The third kappa shape index (κ3) is 2.74. The van der Waals surface area contributed by atoms with Gasteiger partial charge in [0.1, 0.15) is 6.20 Å². The molecule has 1 saturated heterocycles. The maximum absolute atomic E-state index is 11.0. The summed E-state index contributed by atoms with van der Waals surface area (Å²) >= 11 is 0. The van der Waals surface area contributed by atoms with E-state index in [2.05, 4.69) is 4.98 Å². The lowest BCUT2D eigenvalue weighted by Crippen LogP contribution is -2.39. The van der Waals surface area contributed by atoms with E-state index in [1.54, 1.807) is 6.07 Å². The number of aliphatic hydroxyl groups excluding tert-OH is 1. The Bertz CT molecular complexity index is 466. The normalized spacial score (nSPS) is 31.1. The molecule has 6 heteroatoms. The van der Waals surface area contributed by atoms with Crippen molar-refractivity contribution in [2.45, 2.75) is 45.0 Å². The highest BCUT2D eigenvalue weighted by atomic mass is 16.6. The zero-order chi connectivity index (χ0) is 14.0. The fourth-order valence-corrected chi connectivity index (χ4v) is 2.56. The Balaban J connectivity index is 2.29. The second-order valence-corrected chi connectivity index (χ2v) is 4.93. The summed E-state index contributed by atoms with van der Waals surface area (Å²) in [6, 6.07) is 1.60. The van der Waals surface area contributed by atoms with Crippen molar-refractivity contribution in [1.29, 1.82) is 0 Å². The van der Waals surface area contributed by atoms with Crippen LogP contribution in [0.25, 0.3) is 0 Å². The second kappa shape index (κ2) is 5.63. The van der Waals surface area contributed by atoms with E-state index in [0.717, 1.165) is 6.42 Å². The lowest BCUT2D eigenvalue weighted by Gasteiger charge is -2.37. The Morgan fingerprint density at radius 3 is 3.00 bits per heavy atom. The van der Waals surface area contributed by atoms with Crippen LogP contribution in [0.5, 0.6) is 0 Å². The van der Waals surface area contributed by atoms with Crippen molar-refractivity contribution in [3.05, 3.63) is 34.1 Å². The number of pyridine rings is 1. The quantitative estimate of drug-likeness (QED) is 0.669. The van der Waals surface area contributed by atoms with Crippen LogP contribution in [0.2, 0.25) is 0 Å². The minimum absolute atomic E-state index is 0.0437. The highest BCUT2D eigenvalue weighted by Crippen LogP contribution is 2.38. The highest BCUT2D eigenvalue weighted by molar-refractivity contribution is 5.38. The summed E-state index contributed by atoms with van der Waals surface area (Å²) in [5.41, 5.74) is 0.438. The molecule has 0 radical (unpaired) electrons. The molecule has 0 aliphatic carbocycles. The maximum atomic E-state index is 11.0. The Kier molecular flexibility index (Phi) is 4.11. The van der Waals surface area contributed by atoms with Gasteiger partial charge in [0.15, 0.2) is 0 Å². The molecule has 19 heavy (non-hydrogen) atoms. The van der Waals surface area contributed by atoms with Crippen molar-refractivity contribution in [3.8, 4) is 0 Å². The fourth-order valence-electron chi connectivity index (χ4n) is 2.56. The minimum Gasteiger partial charge on any atom is -0.393 e. The number of nitro groups is 1. The summed E-state index contributed by atoms with van der Waals surface area (Å²) in [4.78, 5) is 14.3. The molecule has 2 rings (SSSR count). The predicted octanol–water partition coefficient (Wildman–Crippen LogP) is 2.23. The molecule has 0 spiro atoms. The molecule has 4 atom stereocenters. The standard InChI is InChI=1S/C13H18N2O4/c1-3-12-8(2)11(16)6-13(19-12)9-4-5-14-7-10(9)15(17)18/h4-5,7-8,11-13,16H,3,6H2,1-2H3. The summed E-state index contributed by atoms with van der Waals surface area (Å²) in [7, 11) is 0. The van der Waals surface area contributed by atoms with E-state index in [9.17, 15) is 15.2 Å². The monoisotopic (exact) mass is 266 g/mol. The first-order valence-electron chi connectivity index (χ1n) is 6.46. The first-order valence-corrected chi connectivity index (χ1v) is 6.46. The van der Waals surface area contributed by atoms with Gasteiger partial charge in [0.25, 0.3) is 5.69 Å². The van der Waals surface area contributed by atoms with E-state index in [0.29, 0.717) is 12.0 Å². The SMILES string of the molecule is CCC1OC(c2ccncc2[N+](=O)[O-])CC(O)C1C. The maximum Gasteiger partial charge on any atom is 0.293 e. The lowest BCUT2D eigenvalue weighted by molar-refractivity contribution is -0.386. The number of hydrogen-bond acceptors (Lipinski definition) is 5. The summed E-state index contributed by atoms with van der Waals surface area (Å²) in [5, 5.41) is 21.1. The van der Waals surface area contributed by atoms with Gasteiger partial charge in [-0.25, -0.2) is 0 Å². The molecular formula is C13H18N2O4. The van der Waals surface area contributed by atoms with Crippen molar-refractivity contribution in [3.63, 3.8) is 0 Å². The average molecular weight is 266 g/mol. The number of ether oxygens (including phenoxy) is 1. The topological polar surface area (TPSA) is 85.5 Å². The first kappa shape index (κ1) is 13.9. The third-order valence-corrected chi connectivity index (χ3v) is 3.77. The van der Waals surface area contributed by atoms with Gasteiger partial charge in [0.05, 0.1) is 28.8 Å². The van der Waals surface area contributed by atoms with Crippen molar-refractivity contribution in [2.75, 3.05) is 0 Å². The predicted molar refractivity (Wildman–Crippen MR) is 68.6 cm³/mol. The first-order chi connectivity index (χ1) is 9.04. The zero-order valence-corrected chi connectivity index (χ0v) is 11.0. The van der Waals surface area contributed by atoms with Gasteiger partial charge in [0, 0.05) is 18.5 Å². The molecule has 4 unspecified atom stereocenters. The van der Waals surface area contributed by atoms with Crippen LogP contribution in [0.1, 0.15) is 38.4 Å². The molecule has 2 heterocycles. The summed E-state index contributed by atoms with van der Waals surface area (Å²) < 4.78 is 5.90. The van der Waals surface area contributed by atoms with Crippen molar-refractivity contribution >= 4 is 5.69 Å². The van der Waals surface area contributed by atoms with E-state index in [1.165, 1.54) is 12.4 Å². The van der Waals surface area contributed by atoms with Gasteiger partial charge in [-0.2, -0.15) is 0 Å².